The summed E-state index contributed by atoms with van der Waals surface area (Å²) in [5, 5.41) is 14.6. The SMILES string of the molecule is COc1cc(COC2CN(C(=O)[O-])CCC2c2ccc(OCc3cnc(-c4ccccc4)s3)cc2)c(OC)c2ccccc12. The molecule has 4 aromatic carbocycles. The molecule has 44 heavy (non-hydrogen) atoms. The molecule has 8 nitrogen and oxygen atoms in total. The van der Waals surface area contributed by atoms with E-state index in [-0.39, 0.29) is 25.2 Å². The van der Waals surface area contributed by atoms with Crippen LogP contribution in [0.4, 0.5) is 4.79 Å². The van der Waals surface area contributed by atoms with E-state index in [1.54, 1.807) is 25.6 Å². The van der Waals surface area contributed by atoms with E-state index in [2.05, 4.69) is 4.98 Å². The van der Waals surface area contributed by atoms with E-state index in [1.165, 1.54) is 4.90 Å². The zero-order valence-corrected chi connectivity index (χ0v) is 25.4. The fourth-order valence-corrected chi connectivity index (χ4v) is 6.60. The molecule has 0 spiro atoms. The number of carboxylic acid groups (broad SMARTS) is 1. The van der Waals surface area contributed by atoms with Gasteiger partial charge in [0.1, 0.15) is 35.0 Å². The first kappa shape index (κ1) is 29.5. The van der Waals surface area contributed by atoms with Gasteiger partial charge in [-0.1, -0.05) is 66.7 Å². The van der Waals surface area contributed by atoms with Gasteiger partial charge in [0.2, 0.25) is 0 Å². The standard InChI is InChI=1S/C35H34N2O6S/c1-40-31-18-25(33(41-2)30-11-7-6-10-29(30)31)21-43-32-20-37(35(38)39)17-16-28(32)23-12-14-26(15-13-23)42-22-27-19-36-34(44-27)24-8-4-3-5-9-24/h3-15,18-19,28,32H,16-17,20-22H2,1-2H3,(H,38,39)/p-1. The van der Waals surface area contributed by atoms with Gasteiger partial charge in [-0.15, -0.1) is 11.3 Å². The highest BCUT2D eigenvalue weighted by molar-refractivity contribution is 7.15. The number of amides is 1. The Morgan fingerprint density at radius 2 is 1.70 bits per heavy atom. The summed E-state index contributed by atoms with van der Waals surface area (Å²) in [5.41, 5.74) is 2.98. The third-order valence-electron chi connectivity index (χ3n) is 7.99. The van der Waals surface area contributed by atoms with Crippen molar-refractivity contribution < 1.29 is 28.8 Å². The van der Waals surface area contributed by atoms with Crippen LogP contribution in [0.25, 0.3) is 21.3 Å². The zero-order valence-electron chi connectivity index (χ0n) is 24.6. The number of likely N-dealkylation sites (tertiary alicyclic amines) is 1. The Hall–Kier alpha value is -4.60. The molecule has 9 heteroatoms. The minimum Gasteiger partial charge on any atom is -0.530 e. The van der Waals surface area contributed by atoms with Crippen molar-refractivity contribution in [2.24, 2.45) is 0 Å². The van der Waals surface area contributed by atoms with Crippen LogP contribution in [0.5, 0.6) is 17.2 Å². The van der Waals surface area contributed by atoms with Crippen LogP contribution in [-0.2, 0) is 18.0 Å². The van der Waals surface area contributed by atoms with Crippen molar-refractivity contribution in [1.82, 2.24) is 9.88 Å². The Kier molecular flexibility index (Phi) is 8.95. The second-order valence-electron chi connectivity index (χ2n) is 10.6. The summed E-state index contributed by atoms with van der Waals surface area (Å²) in [7, 11) is 3.28. The predicted molar refractivity (Wildman–Crippen MR) is 168 cm³/mol. The normalized spacial score (nSPS) is 16.5. The lowest BCUT2D eigenvalue weighted by Gasteiger charge is -2.40. The second-order valence-corrected chi connectivity index (χ2v) is 11.7. The van der Waals surface area contributed by atoms with Gasteiger partial charge in [-0.3, -0.25) is 0 Å². The van der Waals surface area contributed by atoms with Crippen LogP contribution in [0.1, 0.15) is 28.3 Å². The van der Waals surface area contributed by atoms with Gasteiger partial charge < -0.3 is 33.7 Å². The summed E-state index contributed by atoms with van der Waals surface area (Å²) in [5.74, 6) is 2.18. The first-order valence-electron chi connectivity index (χ1n) is 14.5. The topological polar surface area (TPSA) is 93.2 Å². The van der Waals surface area contributed by atoms with Gasteiger partial charge in [0, 0.05) is 47.1 Å². The zero-order chi connectivity index (χ0) is 30.5. The summed E-state index contributed by atoms with van der Waals surface area (Å²) >= 11 is 1.62. The molecule has 2 unspecified atom stereocenters. The van der Waals surface area contributed by atoms with Gasteiger partial charge in [0.25, 0.3) is 0 Å². The fourth-order valence-electron chi connectivity index (χ4n) is 5.77. The Balaban J connectivity index is 1.16. The Bertz CT molecular complexity index is 1720. The van der Waals surface area contributed by atoms with E-state index in [9.17, 15) is 9.90 Å². The van der Waals surface area contributed by atoms with Gasteiger partial charge in [-0.2, -0.15) is 0 Å². The number of methoxy groups -OCH3 is 2. The second kappa shape index (κ2) is 13.4. The first-order chi connectivity index (χ1) is 21.5. The molecule has 0 saturated carbocycles. The van der Waals surface area contributed by atoms with Gasteiger partial charge in [-0.05, 0) is 30.2 Å². The third-order valence-corrected chi connectivity index (χ3v) is 9.01. The quantitative estimate of drug-likeness (QED) is 0.184. The van der Waals surface area contributed by atoms with Crippen molar-refractivity contribution in [1.29, 1.82) is 0 Å². The fraction of sp³-hybridized carbons (Fsp3) is 0.257. The average Bonchev–Trinajstić information content (AvgIpc) is 3.55. The van der Waals surface area contributed by atoms with Crippen LogP contribution >= 0.6 is 11.3 Å². The Morgan fingerprint density at radius 1 is 0.955 bits per heavy atom. The van der Waals surface area contributed by atoms with Crippen LogP contribution < -0.4 is 19.3 Å². The molecule has 0 aliphatic carbocycles. The summed E-state index contributed by atoms with van der Waals surface area (Å²) in [6, 6.07) is 27.9. The van der Waals surface area contributed by atoms with Crippen molar-refractivity contribution in [3.8, 4) is 27.8 Å². The smallest absolute Gasteiger partial charge is 0.137 e. The number of hydrogen-bond donors (Lipinski definition) is 0. The van der Waals surface area contributed by atoms with E-state index in [4.69, 9.17) is 18.9 Å². The number of nitrogens with zero attached hydrogens (tertiary/aromatic N) is 2. The van der Waals surface area contributed by atoms with E-state index >= 15 is 0 Å². The summed E-state index contributed by atoms with van der Waals surface area (Å²) in [4.78, 5) is 18.7. The largest absolute Gasteiger partial charge is 0.530 e. The van der Waals surface area contributed by atoms with Crippen molar-refractivity contribution in [2.45, 2.75) is 31.7 Å². The maximum absolute atomic E-state index is 11.8. The van der Waals surface area contributed by atoms with E-state index in [0.717, 1.165) is 48.8 Å². The van der Waals surface area contributed by atoms with Gasteiger partial charge in [-0.25, -0.2) is 4.98 Å². The molecule has 1 fully saturated rings. The molecule has 226 valence electrons. The molecule has 6 rings (SSSR count). The molecular weight excluding hydrogens is 576 g/mol. The number of ether oxygens (including phenoxy) is 4. The number of carbonyl (C=O) groups is 1. The van der Waals surface area contributed by atoms with E-state index < -0.39 is 6.09 Å². The molecular formula is C35H33N2O6S-. The summed E-state index contributed by atoms with van der Waals surface area (Å²) in [6.45, 7) is 1.25. The minimum absolute atomic E-state index is 0.0112. The summed E-state index contributed by atoms with van der Waals surface area (Å²) in [6.07, 6.45) is 0.891. The highest BCUT2D eigenvalue weighted by Crippen LogP contribution is 2.38. The van der Waals surface area contributed by atoms with Crippen LogP contribution in [0.3, 0.4) is 0 Å². The summed E-state index contributed by atoms with van der Waals surface area (Å²) < 4.78 is 24.0. The number of fused-ring (bicyclic) bond motifs is 1. The highest BCUT2D eigenvalue weighted by atomic mass is 32.1. The predicted octanol–water partition coefficient (Wildman–Crippen LogP) is 6.28. The Morgan fingerprint density at radius 3 is 2.43 bits per heavy atom. The molecule has 1 aliphatic rings. The Labute approximate surface area is 260 Å². The molecule has 5 aromatic rings. The van der Waals surface area contributed by atoms with Crippen LogP contribution in [-0.4, -0.2) is 49.4 Å². The molecule has 0 radical (unpaired) electrons. The van der Waals surface area contributed by atoms with Crippen molar-refractivity contribution in [3.63, 3.8) is 0 Å². The molecule has 2 heterocycles. The monoisotopic (exact) mass is 609 g/mol. The lowest BCUT2D eigenvalue weighted by atomic mass is 9.87. The molecule has 1 saturated heterocycles. The van der Waals surface area contributed by atoms with Crippen molar-refractivity contribution in [2.75, 3.05) is 27.3 Å². The van der Waals surface area contributed by atoms with Gasteiger partial charge >= 0.3 is 0 Å². The van der Waals surface area contributed by atoms with E-state index in [0.29, 0.717) is 25.3 Å². The number of thiazole rings is 1. The lowest BCUT2D eigenvalue weighted by molar-refractivity contribution is -0.268. The lowest BCUT2D eigenvalue weighted by Crippen LogP contribution is -2.51. The van der Waals surface area contributed by atoms with Gasteiger partial charge in [0.15, 0.2) is 0 Å². The number of benzene rings is 4. The van der Waals surface area contributed by atoms with Crippen molar-refractivity contribution in [3.05, 3.63) is 107 Å². The molecule has 0 bridgehead atoms. The van der Waals surface area contributed by atoms with Crippen LogP contribution in [0, 0.1) is 0 Å². The van der Waals surface area contributed by atoms with Crippen LogP contribution in [0.2, 0.25) is 0 Å². The first-order valence-corrected chi connectivity index (χ1v) is 15.3. The minimum atomic E-state index is -1.19. The number of carbonyl (C=O) groups excluding carboxylic acids is 1. The molecule has 1 aromatic heterocycles. The van der Waals surface area contributed by atoms with Gasteiger partial charge in [0.05, 0.1) is 31.8 Å². The average molecular weight is 610 g/mol. The highest BCUT2D eigenvalue weighted by Gasteiger charge is 2.32. The number of rotatable bonds is 10. The molecule has 0 N–H and O–H groups in total. The third kappa shape index (κ3) is 6.34. The number of aromatic nitrogens is 1. The van der Waals surface area contributed by atoms with Crippen LogP contribution in [0.15, 0.2) is 91.1 Å². The maximum Gasteiger partial charge on any atom is 0.137 e. The molecule has 1 amide bonds. The number of piperidine rings is 1. The molecule has 1 aliphatic heterocycles. The van der Waals surface area contributed by atoms with Crippen molar-refractivity contribution >= 4 is 28.2 Å². The molecule has 2 atom stereocenters. The maximum atomic E-state index is 11.8. The number of hydrogen-bond acceptors (Lipinski definition) is 8. The van der Waals surface area contributed by atoms with E-state index in [1.807, 2.05) is 91.1 Å².